The van der Waals surface area contributed by atoms with Crippen LogP contribution in [-0.2, 0) is 4.74 Å². The van der Waals surface area contributed by atoms with Crippen LogP contribution in [0.15, 0.2) is 0 Å². The Morgan fingerprint density at radius 2 is 1.42 bits per heavy atom. The molecule has 0 bridgehead atoms. The number of rotatable bonds is 6. The summed E-state index contributed by atoms with van der Waals surface area (Å²) in [7, 11) is 0. The SMILES string of the molecule is CC(CC(C)OC1CCN(C(C)(C)C)C1)CN1CCN(C(C)(C)C)CC1. The van der Waals surface area contributed by atoms with Crippen LogP contribution in [0.2, 0.25) is 0 Å². The Bertz CT molecular complexity index is 418. The van der Waals surface area contributed by atoms with Gasteiger partial charge in [0.25, 0.3) is 0 Å². The predicted octanol–water partition coefficient (Wildman–Crippen LogP) is 3.71. The topological polar surface area (TPSA) is 19.0 Å². The molecule has 0 aromatic rings. The fourth-order valence-corrected chi connectivity index (χ4v) is 4.52. The van der Waals surface area contributed by atoms with Gasteiger partial charge < -0.3 is 9.64 Å². The first kappa shape index (κ1) is 22.1. The van der Waals surface area contributed by atoms with E-state index in [4.69, 9.17) is 4.74 Å². The second-order valence-corrected chi connectivity index (χ2v) is 10.8. The molecule has 2 saturated heterocycles. The molecule has 0 amide bonds. The molecule has 2 heterocycles. The Morgan fingerprint density at radius 3 is 1.92 bits per heavy atom. The maximum atomic E-state index is 6.39. The number of likely N-dealkylation sites (tertiary alicyclic amines) is 1. The van der Waals surface area contributed by atoms with Crippen molar-refractivity contribution in [2.24, 2.45) is 5.92 Å². The standard InChI is InChI=1S/C22H45N3O/c1-18(16-23-11-13-24(14-12-23)21(3,4)5)15-19(2)26-20-9-10-25(17-20)22(6,7)8/h18-20H,9-17H2,1-8H3. The smallest absolute Gasteiger partial charge is 0.0718 e. The molecule has 4 heteroatoms. The molecule has 0 aromatic heterocycles. The zero-order chi connectivity index (χ0) is 19.5. The van der Waals surface area contributed by atoms with Gasteiger partial charge in [0.1, 0.15) is 0 Å². The normalized spacial score (nSPS) is 27.0. The number of ether oxygens (including phenoxy) is 1. The summed E-state index contributed by atoms with van der Waals surface area (Å²) in [4.78, 5) is 7.82. The largest absolute Gasteiger partial charge is 0.374 e. The molecule has 0 aromatic carbocycles. The van der Waals surface area contributed by atoms with E-state index in [0.29, 0.717) is 23.7 Å². The van der Waals surface area contributed by atoms with E-state index in [1.54, 1.807) is 0 Å². The maximum absolute atomic E-state index is 6.39. The van der Waals surface area contributed by atoms with Gasteiger partial charge in [-0.05, 0) is 67.2 Å². The van der Waals surface area contributed by atoms with Crippen LogP contribution in [0.5, 0.6) is 0 Å². The third-order valence-electron chi connectivity index (χ3n) is 6.14. The van der Waals surface area contributed by atoms with E-state index < -0.39 is 0 Å². The molecule has 0 aliphatic carbocycles. The van der Waals surface area contributed by atoms with Crippen LogP contribution in [0.3, 0.4) is 0 Å². The van der Waals surface area contributed by atoms with Gasteiger partial charge in [-0.2, -0.15) is 0 Å². The molecule has 0 radical (unpaired) electrons. The van der Waals surface area contributed by atoms with Gasteiger partial charge in [-0.15, -0.1) is 0 Å². The zero-order valence-corrected chi connectivity index (χ0v) is 18.8. The highest BCUT2D eigenvalue weighted by Crippen LogP contribution is 2.24. The molecule has 2 aliphatic heterocycles. The Balaban J connectivity index is 1.66. The first-order valence-corrected chi connectivity index (χ1v) is 10.8. The van der Waals surface area contributed by atoms with Crippen molar-refractivity contribution in [3.05, 3.63) is 0 Å². The lowest BCUT2D eigenvalue weighted by molar-refractivity contribution is -0.0156. The highest BCUT2D eigenvalue weighted by molar-refractivity contribution is 4.86. The molecule has 3 unspecified atom stereocenters. The summed E-state index contributed by atoms with van der Waals surface area (Å²) in [6, 6.07) is 0. The van der Waals surface area contributed by atoms with Crippen molar-refractivity contribution in [3.8, 4) is 0 Å². The van der Waals surface area contributed by atoms with Gasteiger partial charge in [-0.25, -0.2) is 0 Å². The lowest BCUT2D eigenvalue weighted by Gasteiger charge is -2.43. The third-order valence-corrected chi connectivity index (χ3v) is 6.14. The number of piperazine rings is 1. The van der Waals surface area contributed by atoms with E-state index in [0.717, 1.165) is 6.54 Å². The maximum Gasteiger partial charge on any atom is 0.0718 e. The molecule has 0 saturated carbocycles. The average Bonchev–Trinajstić information content (AvgIpc) is 2.95. The van der Waals surface area contributed by atoms with Crippen LogP contribution < -0.4 is 0 Å². The minimum atomic E-state index is 0.268. The van der Waals surface area contributed by atoms with Crippen molar-refractivity contribution in [2.75, 3.05) is 45.8 Å². The highest BCUT2D eigenvalue weighted by atomic mass is 16.5. The first-order chi connectivity index (χ1) is 11.9. The van der Waals surface area contributed by atoms with Crippen molar-refractivity contribution in [1.29, 1.82) is 0 Å². The van der Waals surface area contributed by atoms with Crippen molar-refractivity contribution in [2.45, 2.75) is 91.5 Å². The third kappa shape index (κ3) is 6.78. The fraction of sp³-hybridized carbons (Fsp3) is 1.00. The summed E-state index contributed by atoms with van der Waals surface area (Å²) in [6.07, 6.45) is 3.15. The molecule has 26 heavy (non-hydrogen) atoms. The molecule has 0 N–H and O–H groups in total. The first-order valence-electron chi connectivity index (χ1n) is 10.8. The van der Waals surface area contributed by atoms with Crippen molar-refractivity contribution < 1.29 is 4.74 Å². The van der Waals surface area contributed by atoms with Crippen molar-refractivity contribution in [3.63, 3.8) is 0 Å². The minimum absolute atomic E-state index is 0.268. The molecule has 154 valence electrons. The monoisotopic (exact) mass is 367 g/mol. The van der Waals surface area contributed by atoms with Gasteiger partial charge in [0.05, 0.1) is 12.2 Å². The Kier molecular flexibility index (Phi) is 7.57. The molecule has 0 spiro atoms. The van der Waals surface area contributed by atoms with Gasteiger partial charge in [-0.3, -0.25) is 9.80 Å². The van der Waals surface area contributed by atoms with Crippen molar-refractivity contribution >= 4 is 0 Å². The summed E-state index contributed by atoms with van der Waals surface area (Å²) >= 11 is 0. The second-order valence-electron chi connectivity index (χ2n) is 10.8. The van der Waals surface area contributed by atoms with Crippen LogP contribution in [-0.4, -0.2) is 83.8 Å². The van der Waals surface area contributed by atoms with Gasteiger partial charge in [-0.1, -0.05) is 6.92 Å². The van der Waals surface area contributed by atoms with E-state index in [9.17, 15) is 0 Å². The van der Waals surface area contributed by atoms with Gasteiger partial charge in [0.2, 0.25) is 0 Å². The fourth-order valence-electron chi connectivity index (χ4n) is 4.52. The van der Waals surface area contributed by atoms with E-state index in [1.807, 2.05) is 0 Å². The number of nitrogens with zero attached hydrogens (tertiary/aromatic N) is 3. The quantitative estimate of drug-likeness (QED) is 0.712. The van der Waals surface area contributed by atoms with Gasteiger partial charge in [0, 0.05) is 56.9 Å². The van der Waals surface area contributed by atoms with Crippen LogP contribution in [0.4, 0.5) is 0 Å². The molecule has 2 fully saturated rings. The Hall–Kier alpha value is -0.160. The Morgan fingerprint density at radius 1 is 0.846 bits per heavy atom. The summed E-state index contributed by atoms with van der Waals surface area (Å²) < 4.78 is 6.39. The second kappa shape index (κ2) is 8.89. The molecule has 4 nitrogen and oxygen atoms in total. The average molecular weight is 368 g/mol. The highest BCUT2D eigenvalue weighted by Gasteiger charge is 2.32. The molecule has 2 aliphatic rings. The minimum Gasteiger partial charge on any atom is -0.374 e. The van der Waals surface area contributed by atoms with Gasteiger partial charge >= 0.3 is 0 Å². The lowest BCUT2D eigenvalue weighted by atomic mass is 10.0. The lowest BCUT2D eigenvalue weighted by Crippen LogP contribution is -2.54. The van der Waals surface area contributed by atoms with Crippen LogP contribution >= 0.6 is 0 Å². The van der Waals surface area contributed by atoms with Crippen molar-refractivity contribution in [1.82, 2.24) is 14.7 Å². The van der Waals surface area contributed by atoms with Crippen LogP contribution in [0.1, 0.15) is 68.2 Å². The number of hydrogen-bond donors (Lipinski definition) is 0. The van der Waals surface area contributed by atoms with Gasteiger partial charge in [0.15, 0.2) is 0 Å². The van der Waals surface area contributed by atoms with E-state index in [1.165, 1.54) is 52.1 Å². The number of hydrogen-bond acceptors (Lipinski definition) is 4. The molecular formula is C22H45N3O. The summed E-state index contributed by atoms with van der Waals surface area (Å²) in [5.74, 6) is 0.700. The molecular weight excluding hydrogens is 322 g/mol. The van der Waals surface area contributed by atoms with Crippen LogP contribution in [0, 0.1) is 5.92 Å². The summed E-state index contributed by atoms with van der Waals surface area (Å²) in [5, 5.41) is 0. The predicted molar refractivity (Wildman–Crippen MR) is 112 cm³/mol. The van der Waals surface area contributed by atoms with E-state index >= 15 is 0 Å². The summed E-state index contributed by atoms with van der Waals surface area (Å²) in [6.45, 7) is 26.9. The zero-order valence-electron chi connectivity index (χ0n) is 18.8. The van der Waals surface area contributed by atoms with E-state index in [2.05, 4.69) is 70.1 Å². The molecule has 2 rings (SSSR count). The Labute approximate surface area is 163 Å². The van der Waals surface area contributed by atoms with Crippen LogP contribution in [0.25, 0.3) is 0 Å². The van der Waals surface area contributed by atoms with E-state index in [-0.39, 0.29) is 5.54 Å². The summed E-state index contributed by atoms with van der Waals surface area (Å²) in [5.41, 5.74) is 0.576. The molecule has 3 atom stereocenters.